The van der Waals surface area contributed by atoms with Crippen molar-refractivity contribution in [1.82, 2.24) is 0 Å². The van der Waals surface area contributed by atoms with Crippen LogP contribution in [-0.4, -0.2) is 33.3 Å². The van der Waals surface area contributed by atoms with Crippen LogP contribution in [0.15, 0.2) is 12.1 Å². The maximum absolute atomic E-state index is 13.8. The van der Waals surface area contributed by atoms with Gasteiger partial charge in [0.05, 0.1) is 5.75 Å². The van der Waals surface area contributed by atoms with Gasteiger partial charge in [0.25, 0.3) is 0 Å². The van der Waals surface area contributed by atoms with Crippen molar-refractivity contribution < 1.29 is 22.3 Å². The van der Waals surface area contributed by atoms with E-state index in [0.717, 1.165) is 18.1 Å². The monoisotopic (exact) mass is 286 g/mol. The normalized spacial score (nSPS) is 18.1. The van der Waals surface area contributed by atoms with Gasteiger partial charge in [-0.15, -0.1) is 0 Å². The van der Waals surface area contributed by atoms with Crippen LogP contribution in [0.4, 0.5) is 4.39 Å². The third kappa shape index (κ3) is 3.53. The van der Waals surface area contributed by atoms with Crippen LogP contribution in [0.2, 0.25) is 0 Å². The molecule has 0 heterocycles. The summed E-state index contributed by atoms with van der Waals surface area (Å²) in [6, 6.07) is 2.93. The summed E-state index contributed by atoms with van der Waals surface area (Å²) in [4.78, 5) is 10.7. The van der Waals surface area contributed by atoms with Crippen molar-refractivity contribution in [2.24, 2.45) is 5.92 Å². The van der Waals surface area contributed by atoms with Gasteiger partial charge < -0.3 is 9.53 Å². The summed E-state index contributed by atoms with van der Waals surface area (Å²) in [5.41, 5.74) is 1.33. The van der Waals surface area contributed by atoms with E-state index in [1.165, 1.54) is 6.07 Å². The fraction of sp³-hybridized carbons (Fsp3) is 0.462. The zero-order chi connectivity index (χ0) is 14.0. The van der Waals surface area contributed by atoms with Crippen molar-refractivity contribution in [3.05, 3.63) is 29.1 Å². The van der Waals surface area contributed by atoms with Gasteiger partial charge in [0, 0.05) is 18.2 Å². The summed E-state index contributed by atoms with van der Waals surface area (Å²) < 4.78 is 41.0. The van der Waals surface area contributed by atoms with Gasteiger partial charge >= 0.3 is 0 Å². The minimum absolute atomic E-state index is 0.00578. The first-order chi connectivity index (χ1) is 8.89. The molecule has 1 aromatic carbocycles. The van der Waals surface area contributed by atoms with Crippen LogP contribution in [0.25, 0.3) is 0 Å². The van der Waals surface area contributed by atoms with Gasteiger partial charge in [-0.25, -0.2) is 12.8 Å². The Bertz CT molecular complexity index is 595. The van der Waals surface area contributed by atoms with Gasteiger partial charge in [0.2, 0.25) is 0 Å². The molecule has 0 bridgehead atoms. The van der Waals surface area contributed by atoms with Crippen LogP contribution < -0.4 is 4.74 Å². The molecule has 1 unspecified atom stereocenters. The number of carbonyl (C=O) groups excluding carboxylic acids is 1. The van der Waals surface area contributed by atoms with Crippen LogP contribution in [0, 0.1) is 11.7 Å². The van der Waals surface area contributed by atoms with Crippen LogP contribution in [-0.2, 0) is 27.5 Å². The lowest BCUT2D eigenvalue weighted by molar-refractivity contribution is -0.110. The molecule has 0 aliphatic heterocycles. The van der Waals surface area contributed by atoms with Crippen LogP contribution in [0.5, 0.6) is 5.75 Å². The Morgan fingerprint density at radius 3 is 2.79 bits per heavy atom. The van der Waals surface area contributed by atoms with Crippen molar-refractivity contribution in [2.75, 3.05) is 18.6 Å². The topological polar surface area (TPSA) is 60.4 Å². The molecule has 0 aromatic heterocycles. The Labute approximate surface area is 111 Å². The lowest BCUT2D eigenvalue weighted by Crippen LogP contribution is -2.12. The summed E-state index contributed by atoms with van der Waals surface area (Å²) in [5.74, 6) is -0.360. The molecule has 1 atom stereocenters. The second-order valence-corrected chi connectivity index (χ2v) is 7.09. The predicted octanol–water partition coefficient (Wildman–Crippen LogP) is 1.16. The third-order valence-electron chi connectivity index (χ3n) is 3.13. The number of hydrogen-bond acceptors (Lipinski definition) is 4. The zero-order valence-electron chi connectivity index (χ0n) is 10.6. The molecule has 1 aromatic rings. The Hall–Kier alpha value is -1.43. The van der Waals surface area contributed by atoms with Gasteiger partial charge in [0.15, 0.2) is 9.84 Å². The van der Waals surface area contributed by atoms with E-state index in [1.807, 2.05) is 0 Å². The van der Waals surface area contributed by atoms with Gasteiger partial charge in [-0.1, -0.05) is 0 Å². The number of aldehydes is 1. The highest BCUT2D eigenvalue weighted by atomic mass is 32.2. The van der Waals surface area contributed by atoms with Crippen LogP contribution in [0.1, 0.15) is 11.1 Å². The SMILES string of the molecule is CS(=O)(=O)CCOc1cc(F)c2c(c1)CC(C=O)C2. The van der Waals surface area contributed by atoms with E-state index in [1.54, 1.807) is 6.07 Å². The largest absolute Gasteiger partial charge is 0.492 e. The fourth-order valence-electron chi connectivity index (χ4n) is 2.18. The molecule has 1 aliphatic rings. The molecule has 4 nitrogen and oxygen atoms in total. The van der Waals surface area contributed by atoms with Gasteiger partial charge in [-0.3, -0.25) is 0 Å². The average Bonchev–Trinajstić information content (AvgIpc) is 2.71. The van der Waals surface area contributed by atoms with E-state index in [-0.39, 0.29) is 18.3 Å². The molecule has 0 fully saturated rings. The Kier molecular flexibility index (Phi) is 3.89. The second-order valence-electron chi connectivity index (χ2n) is 4.83. The molecule has 0 spiro atoms. The molecule has 0 saturated carbocycles. The van der Waals surface area contributed by atoms with Crippen molar-refractivity contribution in [3.63, 3.8) is 0 Å². The van der Waals surface area contributed by atoms with E-state index >= 15 is 0 Å². The highest BCUT2D eigenvalue weighted by Gasteiger charge is 2.24. The predicted molar refractivity (Wildman–Crippen MR) is 68.6 cm³/mol. The molecule has 2 rings (SSSR count). The average molecular weight is 286 g/mol. The highest BCUT2D eigenvalue weighted by Crippen LogP contribution is 2.31. The highest BCUT2D eigenvalue weighted by molar-refractivity contribution is 7.90. The number of carbonyl (C=O) groups is 1. The van der Waals surface area contributed by atoms with Crippen LogP contribution >= 0.6 is 0 Å². The van der Waals surface area contributed by atoms with Crippen molar-refractivity contribution in [3.8, 4) is 5.75 Å². The smallest absolute Gasteiger partial charge is 0.150 e. The van der Waals surface area contributed by atoms with Crippen molar-refractivity contribution in [2.45, 2.75) is 12.8 Å². The summed E-state index contributed by atoms with van der Waals surface area (Å²) in [6.07, 6.45) is 2.89. The van der Waals surface area contributed by atoms with Gasteiger partial charge in [-0.05, 0) is 30.0 Å². The molecule has 0 radical (unpaired) electrons. The Balaban J connectivity index is 2.09. The number of sulfone groups is 1. The molecule has 0 saturated heterocycles. The molecule has 0 amide bonds. The number of fused-ring (bicyclic) bond motifs is 1. The van der Waals surface area contributed by atoms with Crippen molar-refractivity contribution >= 4 is 16.1 Å². The first-order valence-electron chi connectivity index (χ1n) is 5.96. The van der Waals surface area contributed by atoms with E-state index in [0.29, 0.717) is 24.2 Å². The quantitative estimate of drug-likeness (QED) is 0.762. The Morgan fingerprint density at radius 1 is 1.42 bits per heavy atom. The van der Waals surface area contributed by atoms with E-state index < -0.39 is 15.7 Å². The number of rotatable bonds is 5. The molecule has 6 heteroatoms. The van der Waals surface area contributed by atoms with Gasteiger partial charge in [0.1, 0.15) is 24.5 Å². The summed E-state index contributed by atoms with van der Waals surface area (Å²) in [7, 11) is -3.09. The summed E-state index contributed by atoms with van der Waals surface area (Å²) in [5, 5.41) is 0. The number of ether oxygens (including phenoxy) is 1. The maximum Gasteiger partial charge on any atom is 0.150 e. The zero-order valence-corrected chi connectivity index (χ0v) is 11.4. The number of hydrogen-bond donors (Lipinski definition) is 0. The minimum atomic E-state index is -3.09. The van der Waals surface area contributed by atoms with E-state index in [4.69, 9.17) is 4.74 Å². The third-order valence-corrected chi connectivity index (χ3v) is 4.03. The fourth-order valence-corrected chi connectivity index (χ4v) is 2.57. The standard InChI is InChI=1S/C13H15FO4S/c1-19(16,17)3-2-18-11-6-10-4-9(8-15)5-12(10)13(14)7-11/h6-9H,2-5H2,1H3. The first kappa shape index (κ1) is 14.0. The van der Waals surface area contributed by atoms with Crippen LogP contribution in [0.3, 0.4) is 0 Å². The lowest BCUT2D eigenvalue weighted by Gasteiger charge is -2.08. The van der Waals surface area contributed by atoms with Crippen molar-refractivity contribution in [1.29, 1.82) is 0 Å². The Morgan fingerprint density at radius 2 is 2.16 bits per heavy atom. The molecule has 0 N–H and O–H groups in total. The number of halogens is 1. The second kappa shape index (κ2) is 5.28. The molecule has 104 valence electrons. The van der Waals surface area contributed by atoms with E-state index in [9.17, 15) is 17.6 Å². The minimum Gasteiger partial charge on any atom is -0.492 e. The summed E-state index contributed by atoms with van der Waals surface area (Å²) in [6.45, 7) is -0.00578. The van der Waals surface area contributed by atoms with Gasteiger partial charge in [-0.2, -0.15) is 0 Å². The summed E-state index contributed by atoms with van der Waals surface area (Å²) >= 11 is 0. The lowest BCUT2D eigenvalue weighted by atomic mass is 10.1. The first-order valence-corrected chi connectivity index (χ1v) is 8.02. The molecule has 1 aliphatic carbocycles. The molecule has 19 heavy (non-hydrogen) atoms. The number of benzene rings is 1. The maximum atomic E-state index is 13.8. The molecular weight excluding hydrogens is 271 g/mol. The van der Waals surface area contributed by atoms with E-state index in [2.05, 4.69) is 0 Å². The molecular formula is C13H15FO4S.